The van der Waals surface area contributed by atoms with Crippen LogP contribution in [0.25, 0.3) is 0 Å². The molecule has 3 aromatic rings. The predicted molar refractivity (Wildman–Crippen MR) is 103 cm³/mol. The number of hydrogen-bond donors (Lipinski definition) is 1. The first-order valence-corrected chi connectivity index (χ1v) is 9.27. The molecule has 144 valence electrons. The van der Waals surface area contributed by atoms with Crippen LogP contribution in [0.5, 0.6) is 5.75 Å². The summed E-state index contributed by atoms with van der Waals surface area (Å²) in [4.78, 5) is 19.1. The first kappa shape index (κ1) is 18.3. The van der Waals surface area contributed by atoms with Gasteiger partial charge in [-0.1, -0.05) is 35.5 Å². The van der Waals surface area contributed by atoms with Gasteiger partial charge in [0.25, 0.3) is 5.89 Å². The molecule has 1 aliphatic rings. The van der Waals surface area contributed by atoms with Crippen LogP contribution in [0.3, 0.4) is 0 Å². The number of piperazine rings is 1. The minimum Gasteiger partial charge on any atom is -0.484 e. The molecule has 1 aromatic heterocycles. The predicted octanol–water partition coefficient (Wildman–Crippen LogP) is 2.46. The second-order valence-corrected chi connectivity index (χ2v) is 6.76. The Morgan fingerprint density at radius 2 is 1.93 bits per heavy atom. The van der Waals surface area contributed by atoms with E-state index in [9.17, 15) is 4.79 Å². The number of ether oxygens (including phenoxy) is 1. The van der Waals surface area contributed by atoms with Gasteiger partial charge in [0.2, 0.25) is 0 Å². The molecule has 2 aromatic carbocycles. The van der Waals surface area contributed by atoms with Crippen molar-refractivity contribution in [3.05, 3.63) is 77.4 Å². The largest absolute Gasteiger partial charge is 0.484 e. The molecule has 1 unspecified atom stereocenters. The minimum absolute atomic E-state index is 0.0149. The zero-order chi connectivity index (χ0) is 19.3. The van der Waals surface area contributed by atoms with E-state index in [1.807, 2.05) is 18.2 Å². The molecule has 2 heterocycles. The smallest absolute Gasteiger partial charge is 0.264 e. The van der Waals surface area contributed by atoms with Crippen LogP contribution in [0.4, 0.5) is 0 Å². The van der Waals surface area contributed by atoms with Crippen molar-refractivity contribution in [3.8, 4) is 5.75 Å². The number of rotatable bonds is 6. The fourth-order valence-corrected chi connectivity index (χ4v) is 3.16. The molecular weight excluding hydrogens is 356 g/mol. The van der Waals surface area contributed by atoms with E-state index in [1.54, 1.807) is 36.4 Å². The van der Waals surface area contributed by atoms with Crippen LogP contribution >= 0.6 is 0 Å². The summed E-state index contributed by atoms with van der Waals surface area (Å²) in [5.74, 6) is 1.72. The molecule has 1 N–H and O–H groups in total. The second kappa shape index (κ2) is 8.33. The standard InChI is InChI=1S/C21H22N4O3/c1-25-12-11-22-13-18(25)21-23-19(28-24-21)14-27-17-9-7-16(8-10-17)20(26)15-5-3-2-4-6-15/h2-10,18,22H,11-14H2,1H3. The summed E-state index contributed by atoms with van der Waals surface area (Å²) in [5, 5.41) is 7.42. The third kappa shape index (κ3) is 4.11. The number of nitrogens with one attached hydrogen (secondary N) is 1. The summed E-state index contributed by atoms with van der Waals surface area (Å²) in [6, 6.07) is 16.4. The van der Waals surface area contributed by atoms with Crippen LogP contribution in [0.2, 0.25) is 0 Å². The maximum atomic E-state index is 12.4. The zero-order valence-corrected chi connectivity index (χ0v) is 15.7. The van der Waals surface area contributed by atoms with E-state index in [1.165, 1.54) is 0 Å². The number of likely N-dealkylation sites (N-methyl/N-ethyl adjacent to an activating group) is 1. The van der Waals surface area contributed by atoms with Gasteiger partial charge in [0.05, 0.1) is 6.04 Å². The SMILES string of the molecule is CN1CCNCC1c1noc(COc2ccc(C(=O)c3ccccc3)cc2)n1. The zero-order valence-electron chi connectivity index (χ0n) is 15.7. The van der Waals surface area contributed by atoms with E-state index in [0.29, 0.717) is 28.6 Å². The number of hydrogen-bond acceptors (Lipinski definition) is 7. The van der Waals surface area contributed by atoms with Crippen molar-refractivity contribution >= 4 is 5.78 Å². The van der Waals surface area contributed by atoms with Gasteiger partial charge in [-0.05, 0) is 31.3 Å². The number of benzene rings is 2. The Morgan fingerprint density at radius 3 is 2.68 bits per heavy atom. The number of carbonyl (C=O) groups excluding carboxylic acids is 1. The van der Waals surface area contributed by atoms with Gasteiger partial charge in [0, 0.05) is 30.8 Å². The van der Waals surface area contributed by atoms with Crippen molar-refractivity contribution in [1.29, 1.82) is 0 Å². The summed E-state index contributed by atoms with van der Waals surface area (Å²) in [6.07, 6.45) is 0. The summed E-state index contributed by atoms with van der Waals surface area (Å²) in [7, 11) is 2.05. The molecule has 1 saturated heterocycles. The molecule has 0 radical (unpaired) electrons. The minimum atomic E-state index is -0.0149. The van der Waals surface area contributed by atoms with Crippen LogP contribution in [0.1, 0.15) is 33.7 Å². The summed E-state index contributed by atoms with van der Waals surface area (Å²) < 4.78 is 11.0. The van der Waals surface area contributed by atoms with Gasteiger partial charge in [0.15, 0.2) is 18.2 Å². The Balaban J connectivity index is 1.36. The molecule has 0 saturated carbocycles. The number of nitrogens with zero attached hydrogens (tertiary/aromatic N) is 3. The highest BCUT2D eigenvalue weighted by Gasteiger charge is 2.25. The Hall–Kier alpha value is -3.03. The Kier molecular flexibility index (Phi) is 5.45. The summed E-state index contributed by atoms with van der Waals surface area (Å²) >= 11 is 0. The maximum absolute atomic E-state index is 12.4. The van der Waals surface area contributed by atoms with Crippen molar-refractivity contribution in [2.45, 2.75) is 12.6 Å². The highest BCUT2D eigenvalue weighted by Crippen LogP contribution is 2.19. The van der Waals surface area contributed by atoms with E-state index in [-0.39, 0.29) is 18.4 Å². The highest BCUT2D eigenvalue weighted by molar-refractivity contribution is 6.08. The molecule has 0 bridgehead atoms. The molecule has 1 fully saturated rings. The highest BCUT2D eigenvalue weighted by atomic mass is 16.5. The number of ketones is 1. The molecule has 1 atom stereocenters. The van der Waals surface area contributed by atoms with Crippen LogP contribution in [-0.2, 0) is 6.61 Å². The van der Waals surface area contributed by atoms with E-state index in [0.717, 1.165) is 19.6 Å². The second-order valence-electron chi connectivity index (χ2n) is 6.76. The third-order valence-electron chi connectivity index (χ3n) is 4.81. The van der Waals surface area contributed by atoms with Gasteiger partial charge in [0.1, 0.15) is 5.75 Å². The van der Waals surface area contributed by atoms with Crippen LogP contribution in [0.15, 0.2) is 59.1 Å². The van der Waals surface area contributed by atoms with Crippen molar-refractivity contribution in [3.63, 3.8) is 0 Å². The molecule has 7 nitrogen and oxygen atoms in total. The van der Waals surface area contributed by atoms with Crippen LogP contribution in [0, 0.1) is 0 Å². The molecule has 0 aliphatic carbocycles. The van der Waals surface area contributed by atoms with Crippen LogP contribution in [-0.4, -0.2) is 47.5 Å². The van der Waals surface area contributed by atoms with Gasteiger partial charge in [-0.3, -0.25) is 9.69 Å². The van der Waals surface area contributed by atoms with E-state index in [4.69, 9.17) is 9.26 Å². The summed E-state index contributed by atoms with van der Waals surface area (Å²) in [6.45, 7) is 2.89. The van der Waals surface area contributed by atoms with Gasteiger partial charge in [-0.2, -0.15) is 4.98 Å². The lowest BCUT2D eigenvalue weighted by molar-refractivity contribution is 0.103. The average molecular weight is 378 g/mol. The molecular formula is C21H22N4O3. The van der Waals surface area contributed by atoms with Gasteiger partial charge in [-0.25, -0.2) is 0 Å². The Labute approximate surface area is 163 Å². The number of carbonyl (C=O) groups is 1. The van der Waals surface area contributed by atoms with Gasteiger partial charge >= 0.3 is 0 Å². The van der Waals surface area contributed by atoms with E-state index >= 15 is 0 Å². The lowest BCUT2D eigenvalue weighted by atomic mass is 10.0. The normalized spacial score (nSPS) is 17.4. The topological polar surface area (TPSA) is 80.5 Å². The average Bonchev–Trinajstić information content (AvgIpc) is 3.22. The van der Waals surface area contributed by atoms with Crippen molar-refractivity contribution in [1.82, 2.24) is 20.4 Å². The van der Waals surface area contributed by atoms with E-state index < -0.39 is 0 Å². The Bertz CT molecular complexity index is 924. The quantitative estimate of drug-likeness (QED) is 0.660. The summed E-state index contributed by atoms with van der Waals surface area (Å²) in [5.41, 5.74) is 1.28. The molecule has 7 heteroatoms. The van der Waals surface area contributed by atoms with Gasteiger partial charge < -0.3 is 14.6 Å². The lowest BCUT2D eigenvalue weighted by Gasteiger charge is -2.30. The van der Waals surface area contributed by atoms with E-state index in [2.05, 4.69) is 27.4 Å². The molecule has 28 heavy (non-hydrogen) atoms. The van der Waals surface area contributed by atoms with Crippen molar-refractivity contribution < 1.29 is 14.1 Å². The maximum Gasteiger partial charge on any atom is 0.264 e. The molecule has 4 rings (SSSR count). The van der Waals surface area contributed by atoms with Crippen LogP contribution < -0.4 is 10.1 Å². The fraction of sp³-hybridized carbons (Fsp3) is 0.286. The molecule has 0 spiro atoms. The number of aromatic nitrogens is 2. The van der Waals surface area contributed by atoms with Crippen molar-refractivity contribution in [2.24, 2.45) is 0 Å². The van der Waals surface area contributed by atoms with Gasteiger partial charge in [-0.15, -0.1) is 0 Å². The molecule has 1 aliphatic heterocycles. The monoisotopic (exact) mass is 378 g/mol. The molecule has 0 amide bonds. The first-order valence-electron chi connectivity index (χ1n) is 9.27. The first-order chi connectivity index (χ1) is 13.7. The fourth-order valence-electron chi connectivity index (χ4n) is 3.16. The Morgan fingerprint density at radius 1 is 1.18 bits per heavy atom. The third-order valence-corrected chi connectivity index (χ3v) is 4.81. The van der Waals surface area contributed by atoms with Crippen molar-refractivity contribution in [2.75, 3.05) is 26.7 Å². The lowest BCUT2D eigenvalue weighted by Crippen LogP contribution is -2.44.